The number of rotatable bonds is 3. The first-order chi connectivity index (χ1) is 5.20. The smallest absolute Gasteiger partial charge is 0.220 e. The van der Waals surface area contributed by atoms with Gasteiger partial charge in [-0.05, 0) is 11.4 Å². The number of carbonyl (C=O) groups excluding carboxylic acids is 1. The number of thiophene rings is 1. The molecule has 0 unspecified atom stereocenters. The molecule has 1 amide bonds. The normalized spacial score (nSPS) is 12.8. The SMILES string of the molecule is NC(=O)C[C@H](O)c1cccs1. The van der Waals surface area contributed by atoms with Gasteiger partial charge in [0, 0.05) is 4.88 Å². The summed E-state index contributed by atoms with van der Waals surface area (Å²) in [4.78, 5) is 11.2. The van der Waals surface area contributed by atoms with Gasteiger partial charge in [0.2, 0.25) is 5.91 Å². The Morgan fingerprint density at radius 3 is 3.00 bits per heavy atom. The summed E-state index contributed by atoms with van der Waals surface area (Å²) in [6.07, 6.45) is -0.729. The lowest BCUT2D eigenvalue weighted by atomic mass is 10.2. The highest BCUT2D eigenvalue weighted by molar-refractivity contribution is 7.10. The third-order valence-corrected chi connectivity index (χ3v) is 2.24. The topological polar surface area (TPSA) is 63.3 Å². The lowest BCUT2D eigenvalue weighted by Crippen LogP contribution is -2.14. The Morgan fingerprint density at radius 2 is 2.55 bits per heavy atom. The van der Waals surface area contributed by atoms with Gasteiger partial charge in [-0.3, -0.25) is 4.79 Å². The second-order valence-electron chi connectivity index (χ2n) is 2.20. The van der Waals surface area contributed by atoms with E-state index in [0.29, 0.717) is 0 Å². The Labute approximate surface area is 68.5 Å². The molecule has 11 heavy (non-hydrogen) atoms. The molecule has 0 spiro atoms. The average Bonchev–Trinajstić information content (AvgIpc) is 2.35. The number of aliphatic hydroxyl groups excluding tert-OH is 1. The van der Waals surface area contributed by atoms with Crippen molar-refractivity contribution in [3.05, 3.63) is 22.4 Å². The number of hydrogen-bond donors (Lipinski definition) is 2. The number of carbonyl (C=O) groups is 1. The molecule has 1 atom stereocenters. The predicted octanol–water partition coefficient (Wildman–Crippen LogP) is 0.657. The fraction of sp³-hybridized carbons (Fsp3) is 0.286. The van der Waals surface area contributed by atoms with Gasteiger partial charge < -0.3 is 10.8 Å². The molecule has 0 aliphatic carbocycles. The van der Waals surface area contributed by atoms with E-state index < -0.39 is 12.0 Å². The predicted molar refractivity (Wildman–Crippen MR) is 43.1 cm³/mol. The Balaban J connectivity index is 2.56. The highest BCUT2D eigenvalue weighted by atomic mass is 32.1. The molecule has 0 bridgehead atoms. The summed E-state index contributed by atoms with van der Waals surface area (Å²) in [6.45, 7) is 0. The van der Waals surface area contributed by atoms with E-state index in [0.717, 1.165) is 4.88 Å². The molecule has 0 radical (unpaired) electrons. The van der Waals surface area contributed by atoms with Crippen LogP contribution in [0.4, 0.5) is 0 Å². The van der Waals surface area contributed by atoms with Gasteiger partial charge in [-0.1, -0.05) is 6.07 Å². The van der Waals surface area contributed by atoms with Crippen molar-refractivity contribution in [3.63, 3.8) is 0 Å². The molecule has 0 fully saturated rings. The molecule has 3 nitrogen and oxygen atoms in total. The van der Waals surface area contributed by atoms with Crippen LogP contribution in [-0.2, 0) is 4.79 Å². The zero-order valence-electron chi connectivity index (χ0n) is 5.86. The Hall–Kier alpha value is -0.870. The summed E-state index contributed by atoms with van der Waals surface area (Å²) in [7, 11) is 0. The minimum Gasteiger partial charge on any atom is -0.387 e. The van der Waals surface area contributed by atoms with E-state index in [2.05, 4.69) is 0 Å². The minimum atomic E-state index is -0.729. The van der Waals surface area contributed by atoms with Crippen LogP contribution in [0.5, 0.6) is 0 Å². The van der Waals surface area contributed by atoms with Crippen LogP contribution in [0.3, 0.4) is 0 Å². The summed E-state index contributed by atoms with van der Waals surface area (Å²) < 4.78 is 0. The first-order valence-corrected chi connectivity index (χ1v) is 4.08. The molecule has 3 N–H and O–H groups in total. The van der Waals surface area contributed by atoms with E-state index >= 15 is 0 Å². The van der Waals surface area contributed by atoms with Crippen LogP contribution in [0.25, 0.3) is 0 Å². The van der Waals surface area contributed by atoms with Crippen molar-refractivity contribution in [2.75, 3.05) is 0 Å². The Kier molecular flexibility index (Phi) is 2.62. The molecule has 4 heteroatoms. The van der Waals surface area contributed by atoms with Crippen LogP contribution in [0, 0.1) is 0 Å². The standard InChI is InChI=1S/C7H9NO2S/c8-7(10)4-5(9)6-2-1-3-11-6/h1-3,5,9H,4H2,(H2,8,10)/t5-/m0/s1. The zero-order chi connectivity index (χ0) is 8.27. The van der Waals surface area contributed by atoms with Crippen LogP contribution in [0.2, 0.25) is 0 Å². The van der Waals surface area contributed by atoms with Crippen molar-refractivity contribution in [1.82, 2.24) is 0 Å². The molecule has 0 aliphatic heterocycles. The third kappa shape index (κ3) is 2.32. The molecular formula is C7H9NO2S. The third-order valence-electron chi connectivity index (χ3n) is 1.27. The fourth-order valence-electron chi connectivity index (χ4n) is 0.772. The maximum atomic E-state index is 10.4. The van der Waals surface area contributed by atoms with E-state index in [1.165, 1.54) is 11.3 Å². The average molecular weight is 171 g/mol. The molecule has 0 aromatic carbocycles. The van der Waals surface area contributed by atoms with E-state index in [1.54, 1.807) is 6.07 Å². The van der Waals surface area contributed by atoms with Crippen molar-refractivity contribution >= 4 is 17.2 Å². The number of amides is 1. The van der Waals surface area contributed by atoms with Gasteiger partial charge in [0.25, 0.3) is 0 Å². The summed E-state index contributed by atoms with van der Waals surface area (Å²) in [5, 5.41) is 11.1. The number of primary amides is 1. The molecule has 1 heterocycles. The van der Waals surface area contributed by atoms with Crippen LogP contribution < -0.4 is 5.73 Å². The summed E-state index contributed by atoms with van der Waals surface area (Å²) in [5.41, 5.74) is 4.91. The van der Waals surface area contributed by atoms with Gasteiger partial charge in [0.1, 0.15) is 0 Å². The summed E-state index contributed by atoms with van der Waals surface area (Å²) in [6, 6.07) is 3.60. The Morgan fingerprint density at radius 1 is 1.82 bits per heavy atom. The highest BCUT2D eigenvalue weighted by Gasteiger charge is 2.10. The van der Waals surface area contributed by atoms with E-state index in [4.69, 9.17) is 5.73 Å². The molecule has 0 saturated heterocycles. The molecular weight excluding hydrogens is 162 g/mol. The van der Waals surface area contributed by atoms with E-state index in [-0.39, 0.29) is 6.42 Å². The maximum Gasteiger partial charge on any atom is 0.220 e. The monoisotopic (exact) mass is 171 g/mol. The van der Waals surface area contributed by atoms with Crippen LogP contribution in [0.1, 0.15) is 17.4 Å². The van der Waals surface area contributed by atoms with Gasteiger partial charge in [-0.25, -0.2) is 0 Å². The van der Waals surface area contributed by atoms with Crippen molar-refractivity contribution in [2.24, 2.45) is 5.73 Å². The lowest BCUT2D eigenvalue weighted by Gasteiger charge is -2.03. The first-order valence-electron chi connectivity index (χ1n) is 3.20. The van der Waals surface area contributed by atoms with Crippen LogP contribution >= 0.6 is 11.3 Å². The van der Waals surface area contributed by atoms with Crippen LogP contribution in [-0.4, -0.2) is 11.0 Å². The van der Waals surface area contributed by atoms with Crippen molar-refractivity contribution in [3.8, 4) is 0 Å². The summed E-state index contributed by atoms with van der Waals surface area (Å²) in [5.74, 6) is -0.481. The molecule has 1 rings (SSSR count). The number of aliphatic hydroxyl groups is 1. The quantitative estimate of drug-likeness (QED) is 0.701. The fourth-order valence-corrected chi connectivity index (χ4v) is 1.48. The largest absolute Gasteiger partial charge is 0.387 e. The van der Waals surface area contributed by atoms with Gasteiger partial charge in [0.05, 0.1) is 12.5 Å². The molecule has 0 aliphatic rings. The Bertz CT molecular complexity index is 233. The summed E-state index contributed by atoms with van der Waals surface area (Å²) >= 11 is 1.42. The van der Waals surface area contributed by atoms with Gasteiger partial charge in [-0.15, -0.1) is 11.3 Å². The van der Waals surface area contributed by atoms with Crippen LogP contribution in [0.15, 0.2) is 17.5 Å². The molecule has 1 aromatic heterocycles. The second kappa shape index (κ2) is 3.50. The highest BCUT2D eigenvalue weighted by Crippen LogP contribution is 2.20. The zero-order valence-corrected chi connectivity index (χ0v) is 6.67. The minimum absolute atomic E-state index is 0.000509. The molecule has 1 aromatic rings. The maximum absolute atomic E-state index is 10.4. The van der Waals surface area contributed by atoms with Crippen molar-refractivity contribution in [1.29, 1.82) is 0 Å². The van der Waals surface area contributed by atoms with Crippen molar-refractivity contribution < 1.29 is 9.90 Å². The number of hydrogen-bond acceptors (Lipinski definition) is 3. The molecule has 0 saturated carbocycles. The van der Waals surface area contributed by atoms with Gasteiger partial charge in [0.15, 0.2) is 0 Å². The lowest BCUT2D eigenvalue weighted by molar-refractivity contribution is -0.119. The van der Waals surface area contributed by atoms with E-state index in [9.17, 15) is 9.90 Å². The molecule has 60 valence electrons. The van der Waals surface area contributed by atoms with Gasteiger partial charge in [-0.2, -0.15) is 0 Å². The van der Waals surface area contributed by atoms with Crippen molar-refractivity contribution in [2.45, 2.75) is 12.5 Å². The first kappa shape index (κ1) is 8.23. The number of nitrogens with two attached hydrogens (primary N) is 1. The van der Waals surface area contributed by atoms with E-state index in [1.807, 2.05) is 11.4 Å². The van der Waals surface area contributed by atoms with Gasteiger partial charge >= 0.3 is 0 Å². The second-order valence-corrected chi connectivity index (χ2v) is 3.18.